The molecule has 2 atom stereocenters. The maximum absolute atomic E-state index is 12.9. The van der Waals surface area contributed by atoms with Gasteiger partial charge in [-0.1, -0.05) is 14.4 Å². The zero-order valence-electron chi connectivity index (χ0n) is 8.74. The molecular weight excluding hydrogens is 207 g/mol. The van der Waals surface area contributed by atoms with Crippen LogP contribution in [-0.4, -0.2) is 17.3 Å². The molecule has 0 saturated carbocycles. The van der Waals surface area contributed by atoms with Crippen molar-refractivity contribution in [3.63, 3.8) is 0 Å². The highest BCUT2D eigenvalue weighted by Crippen LogP contribution is 2.29. The van der Waals surface area contributed by atoms with Gasteiger partial charge in [0.1, 0.15) is 17.7 Å². The normalized spacial score (nSPS) is 20.3. The molecule has 1 unspecified atom stereocenters. The first-order chi connectivity index (χ1) is 7.20. The van der Waals surface area contributed by atoms with Crippen LogP contribution in [0.1, 0.15) is 32.8 Å². The van der Waals surface area contributed by atoms with Crippen LogP contribution in [0.25, 0.3) is 0 Å². The summed E-state index contributed by atoms with van der Waals surface area (Å²) < 4.78 is 18.5. The van der Waals surface area contributed by atoms with Crippen LogP contribution in [-0.2, 0) is 6.42 Å². The highest BCUT2D eigenvalue weighted by molar-refractivity contribution is 5.35. The number of aryl methyl sites for hydroxylation is 1. The molecule has 0 bridgehead atoms. The lowest BCUT2D eigenvalue weighted by atomic mass is 9.98. The minimum Gasteiger partial charge on any atom is -0.487 e. The number of aliphatic hydroxyl groups excluding tert-OH is 1. The van der Waals surface area contributed by atoms with Gasteiger partial charge >= 0.3 is 0 Å². The second kappa shape index (κ2) is 5.30. The van der Waals surface area contributed by atoms with Gasteiger partial charge in [0.25, 0.3) is 0 Å². The molecule has 2 rings (SSSR count). The molecule has 3 heteroatoms. The zero-order chi connectivity index (χ0) is 10.8. The fraction of sp³-hybridized carbons (Fsp3) is 0.538. The minimum atomic E-state index is -0.428. The van der Waals surface area contributed by atoms with E-state index < -0.39 is 6.10 Å². The molecule has 1 aromatic carbocycles. The third kappa shape index (κ3) is 2.53. The van der Waals surface area contributed by atoms with Crippen LogP contribution in [0.5, 0.6) is 5.75 Å². The summed E-state index contributed by atoms with van der Waals surface area (Å²) in [6.07, 6.45) is 1.64. The number of benzene rings is 1. The van der Waals surface area contributed by atoms with Gasteiger partial charge in [0.05, 0.1) is 6.10 Å². The van der Waals surface area contributed by atoms with Gasteiger partial charge in [-0.25, -0.2) is 4.39 Å². The maximum Gasteiger partial charge on any atom is 0.125 e. The molecule has 1 aromatic rings. The van der Waals surface area contributed by atoms with E-state index in [1.54, 1.807) is 6.07 Å². The van der Waals surface area contributed by atoms with Crippen LogP contribution in [0.15, 0.2) is 18.2 Å². The predicted molar refractivity (Wildman–Crippen MR) is 62.2 cm³/mol. The molecule has 2 nitrogen and oxygen atoms in total. The van der Waals surface area contributed by atoms with Gasteiger partial charge in [-0.05, 0) is 43.0 Å². The summed E-state index contributed by atoms with van der Waals surface area (Å²) >= 11 is 0. The number of rotatable bonds is 2. The Labute approximate surface area is 96.1 Å². The van der Waals surface area contributed by atoms with Crippen molar-refractivity contribution in [1.29, 1.82) is 0 Å². The number of aliphatic hydroxyl groups is 1. The average molecular weight is 226 g/mol. The number of hydrogen-bond donors (Lipinski definition) is 1. The lowest BCUT2D eigenvalue weighted by molar-refractivity contribution is 0.0219. The van der Waals surface area contributed by atoms with Gasteiger partial charge in [-0.3, -0.25) is 0 Å². The molecule has 0 saturated heterocycles. The molecule has 0 radical (unpaired) electrons. The SMILES string of the molecule is C.CC[C@H](O)C1CCc2cc(F)ccc2O1. The first-order valence-corrected chi connectivity index (χ1v) is 5.34. The monoisotopic (exact) mass is 226 g/mol. The van der Waals surface area contributed by atoms with Crippen LogP contribution in [0.4, 0.5) is 4.39 Å². The quantitative estimate of drug-likeness (QED) is 0.840. The summed E-state index contributed by atoms with van der Waals surface area (Å²) in [6, 6.07) is 4.53. The molecule has 0 aliphatic carbocycles. The van der Waals surface area contributed by atoms with Gasteiger partial charge in [0, 0.05) is 0 Å². The van der Waals surface area contributed by atoms with Crippen molar-refractivity contribution >= 4 is 0 Å². The summed E-state index contributed by atoms with van der Waals surface area (Å²) in [7, 11) is 0. The van der Waals surface area contributed by atoms with E-state index >= 15 is 0 Å². The molecule has 1 heterocycles. The van der Waals surface area contributed by atoms with Crippen molar-refractivity contribution in [2.75, 3.05) is 0 Å². The van der Waals surface area contributed by atoms with Crippen LogP contribution in [0.3, 0.4) is 0 Å². The second-order valence-corrected chi connectivity index (χ2v) is 3.92. The number of halogens is 1. The maximum atomic E-state index is 12.9. The van der Waals surface area contributed by atoms with Crippen LogP contribution < -0.4 is 4.74 Å². The standard InChI is InChI=1S/C12H15FO2.CH4/c1-2-10(14)12-5-3-8-7-9(13)4-6-11(8)15-12;/h4,6-7,10,12,14H,2-3,5H2,1H3;1H4/t10-,12?;/m0./s1. The van der Waals surface area contributed by atoms with Crippen molar-refractivity contribution < 1.29 is 14.2 Å². The minimum absolute atomic E-state index is 0. The highest BCUT2D eigenvalue weighted by atomic mass is 19.1. The van der Waals surface area contributed by atoms with Gasteiger partial charge < -0.3 is 9.84 Å². The smallest absolute Gasteiger partial charge is 0.125 e. The number of ether oxygens (including phenoxy) is 1. The van der Waals surface area contributed by atoms with E-state index in [9.17, 15) is 9.50 Å². The predicted octanol–water partition coefficient (Wildman–Crippen LogP) is 2.93. The number of hydrogen-bond acceptors (Lipinski definition) is 2. The first-order valence-electron chi connectivity index (χ1n) is 5.34. The van der Waals surface area contributed by atoms with Crippen molar-refractivity contribution in [2.45, 2.75) is 45.8 Å². The third-order valence-electron chi connectivity index (χ3n) is 2.85. The van der Waals surface area contributed by atoms with Crippen molar-refractivity contribution in [2.24, 2.45) is 0 Å². The van der Waals surface area contributed by atoms with E-state index in [0.29, 0.717) is 12.2 Å². The lowest BCUT2D eigenvalue weighted by Gasteiger charge is -2.29. The van der Waals surface area contributed by atoms with E-state index in [4.69, 9.17) is 4.74 Å². The molecule has 16 heavy (non-hydrogen) atoms. The van der Waals surface area contributed by atoms with Gasteiger partial charge in [-0.2, -0.15) is 0 Å². The van der Waals surface area contributed by atoms with E-state index in [-0.39, 0.29) is 19.3 Å². The highest BCUT2D eigenvalue weighted by Gasteiger charge is 2.25. The molecule has 90 valence electrons. The molecule has 1 aliphatic heterocycles. The Balaban J connectivity index is 0.00000128. The third-order valence-corrected chi connectivity index (χ3v) is 2.85. The Morgan fingerprint density at radius 3 is 3.00 bits per heavy atom. The zero-order valence-corrected chi connectivity index (χ0v) is 8.74. The van der Waals surface area contributed by atoms with Gasteiger partial charge in [-0.15, -0.1) is 0 Å². The molecule has 0 spiro atoms. The fourth-order valence-electron chi connectivity index (χ4n) is 1.91. The molecule has 0 amide bonds. The average Bonchev–Trinajstić information content (AvgIpc) is 2.27. The Kier molecular flexibility index (Phi) is 4.30. The van der Waals surface area contributed by atoms with Crippen molar-refractivity contribution in [3.05, 3.63) is 29.6 Å². The Bertz CT molecular complexity index is 352. The molecule has 1 N–H and O–H groups in total. The number of fused-ring (bicyclic) bond motifs is 1. The first kappa shape index (κ1) is 13.0. The van der Waals surface area contributed by atoms with E-state index in [2.05, 4.69) is 0 Å². The molecule has 0 aromatic heterocycles. The fourth-order valence-corrected chi connectivity index (χ4v) is 1.91. The Morgan fingerprint density at radius 2 is 2.31 bits per heavy atom. The summed E-state index contributed by atoms with van der Waals surface area (Å²) in [4.78, 5) is 0. The largest absolute Gasteiger partial charge is 0.487 e. The molecule has 0 fully saturated rings. The Hall–Kier alpha value is -1.09. The van der Waals surface area contributed by atoms with Crippen LogP contribution >= 0.6 is 0 Å². The van der Waals surface area contributed by atoms with E-state index in [1.165, 1.54) is 12.1 Å². The van der Waals surface area contributed by atoms with Crippen LogP contribution in [0, 0.1) is 5.82 Å². The van der Waals surface area contributed by atoms with Gasteiger partial charge in [0.15, 0.2) is 0 Å². The van der Waals surface area contributed by atoms with Crippen molar-refractivity contribution in [3.8, 4) is 5.75 Å². The molecule has 1 aliphatic rings. The summed E-state index contributed by atoms with van der Waals surface area (Å²) in [5.41, 5.74) is 0.898. The lowest BCUT2D eigenvalue weighted by Crippen LogP contribution is -2.34. The Morgan fingerprint density at radius 1 is 1.56 bits per heavy atom. The van der Waals surface area contributed by atoms with E-state index in [1.807, 2.05) is 6.92 Å². The van der Waals surface area contributed by atoms with Gasteiger partial charge in [0.2, 0.25) is 0 Å². The summed E-state index contributed by atoms with van der Waals surface area (Å²) in [5.74, 6) is 0.479. The summed E-state index contributed by atoms with van der Waals surface area (Å²) in [5, 5.41) is 9.66. The van der Waals surface area contributed by atoms with Crippen LogP contribution in [0.2, 0.25) is 0 Å². The molecular formula is C13H19FO2. The van der Waals surface area contributed by atoms with Crippen molar-refractivity contribution in [1.82, 2.24) is 0 Å². The topological polar surface area (TPSA) is 29.5 Å². The summed E-state index contributed by atoms with van der Waals surface area (Å²) in [6.45, 7) is 1.92. The van der Waals surface area contributed by atoms with E-state index in [0.717, 1.165) is 18.4 Å². The second-order valence-electron chi connectivity index (χ2n) is 3.92.